The molecule has 0 bridgehead atoms. The van der Waals surface area contributed by atoms with Crippen molar-refractivity contribution < 1.29 is 14.3 Å². The number of nitrogen functional groups attached to an aromatic ring is 1. The number of benzene rings is 3. The fraction of sp³-hybridized carbons (Fsp3) is 0.167. The molecular weight excluding hydrogens is 449 g/mol. The minimum atomic E-state index is -0.436. The third-order valence-corrected chi connectivity index (χ3v) is 5.20. The Morgan fingerprint density at radius 1 is 1.09 bits per heavy atom. The highest BCUT2D eigenvalue weighted by Crippen LogP contribution is 2.32. The fourth-order valence-corrected chi connectivity index (χ4v) is 3.61. The maximum atomic E-state index is 12.0. The summed E-state index contributed by atoms with van der Waals surface area (Å²) in [5.74, 6) is -0.153. The van der Waals surface area contributed by atoms with Crippen LogP contribution in [0.2, 0.25) is 10.0 Å². The van der Waals surface area contributed by atoms with Crippen molar-refractivity contribution in [1.82, 2.24) is 5.32 Å². The number of nitrogens with zero attached hydrogens (tertiary/aromatic N) is 1. The third-order valence-electron chi connectivity index (χ3n) is 4.65. The Hall–Kier alpha value is -3.22. The number of rotatable bonds is 4. The van der Waals surface area contributed by atoms with E-state index in [1.165, 1.54) is 11.8 Å². The van der Waals surface area contributed by atoms with Crippen LogP contribution >= 0.6 is 23.2 Å². The molecule has 6 nitrogen and oxygen atoms in total. The molecule has 2 amide bonds. The van der Waals surface area contributed by atoms with Crippen molar-refractivity contribution >= 4 is 46.6 Å². The first-order valence-electron chi connectivity index (χ1n) is 9.92. The van der Waals surface area contributed by atoms with E-state index in [-0.39, 0.29) is 12.0 Å². The molecule has 1 fully saturated rings. The molecule has 32 heavy (non-hydrogen) atoms. The molecule has 4 rings (SSSR count). The zero-order valence-electron chi connectivity index (χ0n) is 17.4. The number of hydrogen-bond acceptors (Lipinski definition) is 4. The predicted molar refractivity (Wildman–Crippen MR) is 129 cm³/mol. The lowest BCUT2D eigenvalue weighted by molar-refractivity contribution is -0.119. The number of carbonyl (C=O) groups excluding carboxylic acids is 2. The van der Waals surface area contributed by atoms with E-state index in [1.807, 2.05) is 48.5 Å². The van der Waals surface area contributed by atoms with E-state index in [4.69, 9.17) is 33.7 Å². The average Bonchev–Trinajstić information content (AvgIpc) is 3.14. The highest BCUT2D eigenvalue weighted by molar-refractivity contribution is 6.33. The van der Waals surface area contributed by atoms with E-state index in [0.717, 1.165) is 11.1 Å². The van der Waals surface area contributed by atoms with Gasteiger partial charge in [0.2, 0.25) is 5.91 Å². The maximum Gasteiger partial charge on any atom is 0.414 e. The first-order chi connectivity index (χ1) is 15.3. The van der Waals surface area contributed by atoms with Crippen LogP contribution in [0.25, 0.3) is 11.1 Å². The summed E-state index contributed by atoms with van der Waals surface area (Å²) in [4.78, 5) is 24.5. The minimum Gasteiger partial charge on any atom is -0.442 e. The molecule has 1 heterocycles. The zero-order valence-corrected chi connectivity index (χ0v) is 18.9. The van der Waals surface area contributed by atoms with E-state index in [9.17, 15) is 9.59 Å². The van der Waals surface area contributed by atoms with Gasteiger partial charge in [0.15, 0.2) is 0 Å². The molecule has 8 heteroatoms. The largest absolute Gasteiger partial charge is 0.442 e. The average molecular weight is 472 g/mol. The molecule has 3 N–H and O–H groups in total. The lowest BCUT2D eigenvalue weighted by Crippen LogP contribution is -2.33. The zero-order chi connectivity index (χ0) is 23.1. The third kappa shape index (κ3) is 6.39. The van der Waals surface area contributed by atoms with Gasteiger partial charge in [-0.05, 0) is 35.9 Å². The van der Waals surface area contributed by atoms with E-state index in [2.05, 4.69) is 5.32 Å². The lowest BCUT2D eigenvalue weighted by atomic mass is 10.1. The van der Waals surface area contributed by atoms with Gasteiger partial charge in [0.1, 0.15) is 6.10 Å². The normalized spacial score (nSPS) is 14.9. The monoisotopic (exact) mass is 471 g/mol. The number of anilines is 2. The van der Waals surface area contributed by atoms with Gasteiger partial charge in [-0.25, -0.2) is 4.79 Å². The second-order valence-corrected chi connectivity index (χ2v) is 7.98. The van der Waals surface area contributed by atoms with Crippen LogP contribution in [0.5, 0.6) is 0 Å². The fourth-order valence-electron chi connectivity index (χ4n) is 3.13. The van der Waals surface area contributed by atoms with Crippen LogP contribution in [-0.2, 0) is 9.53 Å². The van der Waals surface area contributed by atoms with Gasteiger partial charge in [0.25, 0.3) is 0 Å². The number of nitrogens with one attached hydrogen (secondary N) is 1. The number of cyclic esters (lactones) is 1. The second kappa shape index (κ2) is 10.9. The van der Waals surface area contributed by atoms with Crippen LogP contribution in [0, 0.1) is 0 Å². The molecule has 3 aromatic carbocycles. The van der Waals surface area contributed by atoms with Crippen LogP contribution in [0.4, 0.5) is 16.2 Å². The molecule has 166 valence electrons. The molecule has 1 saturated heterocycles. The van der Waals surface area contributed by atoms with Crippen molar-refractivity contribution in [2.45, 2.75) is 13.0 Å². The van der Waals surface area contributed by atoms with Crippen LogP contribution in [0.15, 0.2) is 72.8 Å². The standard InChI is InChI=1S/C18H17ClN2O3.C6H6ClN/c1-12(22)20-10-15-11-21(18(23)24-15)14-7-8-16(17(19)9-14)13-5-3-2-4-6-13;7-5-2-1-3-6(8)4-5/h2-9,15H,10-11H2,1H3,(H,20,22);1-4H,8H2. The van der Waals surface area contributed by atoms with E-state index >= 15 is 0 Å². The summed E-state index contributed by atoms with van der Waals surface area (Å²) in [6.07, 6.45) is -0.803. The van der Waals surface area contributed by atoms with Gasteiger partial charge in [-0.2, -0.15) is 0 Å². The number of carbonyl (C=O) groups is 2. The molecule has 1 aliphatic rings. The van der Waals surface area contributed by atoms with Gasteiger partial charge in [-0.1, -0.05) is 65.7 Å². The number of nitrogens with two attached hydrogens (primary N) is 1. The first-order valence-corrected chi connectivity index (χ1v) is 10.7. The summed E-state index contributed by atoms with van der Waals surface area (Å²) in [5, 5.41) is 3.90. The van der Waals surface area contributed by atoms with Crippen LogP contribution < -0.4 is 16.0 Å². The molecule has 0 saturated carbocycles. The topological polar surface area (TPSA) is 84.7 Å². The van der Waals surface area contributed by atoms with Crippen LogP contribution in [0.3, 0.4) is 0 Å². The van der Waals surface area contributed by atoms with Crippen molar-refractivity contribution in [2.75, 3.05) is 23.7 Å². The summed E-state index contributed by atoms with van der Waals surface area (Å²) >= 11 is 12.0. The molecule has 0 spiro atoms. The van der Waals surface area contributed by atoms with Crippen molar-refractivity contribution in [3.63, 3.8) is 0 Å². The van der Waals surface area contributed by atoms with Crippen LogP contribution in [-0.4, -0.2) is 31.2 Å². The van der Waals surface area contributed by atoms with Gasteiger partial charge in [0.05, 0.1) is 18.1 Å². The van der Waals surface area contributed by atoms with E-state index in [1.54, 1.807) is 24.3 Å². The Balaban J connectivity index is 0.000000305. The molecule has 0 aliphatic carbocycles. The van der Waals surface area contributed by atoms with E-state index in [0.29, 0.717) is 34.5 Å². The molecule has 0 aromatic heterocycles. The van der Waals surface area contributed by atoms with E-state index < -0.39 is 6.09 Å². The van der Waals surface area contributed by atoms with Crippen LogP contribution in [0.1, 0.15) is 6.92 Å². The highest BCUT2D eigenvalue weighted by atomic mass is 35.5. The van der Waals surface area contributed by atoms with Crippen molar-refractivity contribution in [3.05, 3.63) is 82.8 Å². The summed E-state index contributed by atoms with van der Waals surface area (Å²) in [5.41, 5.74) is 8.68. The number of halogens is 2. The number of ether oxygens (including phenoxy) is 1. The summed E-state index contributed by atoms with van der Waals surface area (Å²) in [6, 6.07) is 22.4. The van der Waals surface area contributed by atoms with Gasteiger partial charge in [0, 0.05) is 28.9 Å². The SMILES string of the molecule is CC(=O)NCC1CN(c2ccc(-c3ccccc3)c(Cl)c2)C(=O)O1.Nc1cccc(Cl)c1. The Kier molecular flexibility index (Phi) is 7.98. The second-order valence-electron chi connectivity index (χ2n) is 7.14. The molecular formula is C24H23Cl2N3O3. The Labute approximate surface area is 196 Å². The molecule has 1 aliphatic heterocycles. The quantitative estimate of drug-likeness (QED) is 0.499. The van der Waals surface area contributed by atoms with Crippen molar-refractivity contribution in [3.8, 4) is 11.1 Å². The molecule has 3 aromatic rings. The number of amides is 2. The predicted octanol–water partition coefficient (Wildman–Crippen LogP) is 5.39. The Morgan fingerprint density at radius 2 is 1.84 bits per heavy atom. The Bertz CT molecular complexity index is 1080. The van der Waals surface area contributed by atoms with Gasteiger partial charge >= 0.3 is 6.09 Å². The van der Waals surface area contributed by atoms with Gasteiger partial charge < -0.3 is 15.8 Å². The van der Waals surface area contributed by atoms with Gasteiger partial charge in [-0.15, -0.1) is 0 Å². The Morgan fingerprint density at radius 3 is 2.44 bits per heavy atom. The summed E-state index contributed by atoms with van der Waals surface area (Å²) in [6.45, 7) is 2.10. The summed E-state index contributed by atoms with van der Waals surface area (Å²) in [7, 11) is 0. The highest BCUT2D eigenvalue weighted by Gasteiger charge is 2.32. The minimum absolute atomic E-state index is 0.153. The van der Waals surface area contributed by atoms with Crippen molar-refractivity contribution in [2.24, 2.45) is 0 Å². The molecule has 1 atom stereocenters. The summed E-state index contributed by atoms with van der Waals surface area (Å²) < 4.78 is 5.26. The first kappa shape index (κ1) is 23.4. The number of hydrogen-bond donors (Lipinski definition) is 2. The van der Waals surface area contributed by atoms with Crippen molar-refractivity contribution in [1.29, 1.82) is 0 Å². The molecule has 0 radical (unpaired) electrons. The molecule has 1 unspecified atom stereocenters. The smallest absolute Gasteiger partial charge is 0.414 e. The van der Waals surface area contributed by atoms with Gasteiger partial charge in [-0.3, -0.25) is 9.69 Å². The maximum absolute atomic E-state index is 12.0. The lowest BCUT2D eigenvalue weighted by Gasteiger charge is -2.15.